The van der Waals surface area contributed by atoms with Crippen molar-refractivity contribution in [2.45, 2.75) is 33.1 Å². The Kier molecular flexibility index (Phi) is 8.54. The lowest BCUT2D eigenvalue weighted by Gasteiger charge is -2.15. The Balaban J connectivity index is 1.48. The average Bonchev–Trinajstić information content (AvgIpc) is 3.26. The number of anilines is 3. The highest BCUT2D eigenvalue weighted by Crippen LogP contribution is 2.36. The second-order valence-corrected chi connectivity index (χ2v) is 10.2. The first-order valence-electron chi connectivity index (χ1n) is 12.8. The van der Waals surface area contributed by atoms with Crippen molar-refractivity contribution in [1.82, 2.24) is 14.8 Å². The normalized spacial score (nSPS) is 11.2. The van der Waals surface area contributed by atoms with Crippen LogP contribution in [0.3, 0.4) is 0 Å². The van der Waals surface area contributed by atoms with Gasteiger partial charge in [-0.15, -0.1) is 0 Å². The number of urea groups is 1. The number of benzene rings is 2. The number of carbonyl (C=O) groups is 2. The van der Waals surface area contributed by atoms with Crippen LogP contribution >= 0.6 is 0 Å². The van der Waals surface area contributed by atoms with Crippen LogP contribution in [0.1, 0.15) is 33.4 Å². The molecule has 3 N–H and O–H groups in total. The van der Waals surface area contributed by atoms with Crippen LogP contribution in [0.15, 0.2) is 54.7 Å². The highest BCUT2D eigenvalue weighted by atomic mass is 16.5. The van der Waals surface area contributed by atoms with E-state index in [9.17, 15) is 9.59 Å². The monoisotopic (exact) mass is 546 g/mol. The number of amides is 3. The highest BCUT2D eigenvalue weighted by Gasteiger charge is 2.20. The maximum absolute atomic E-state index is 12.6. The Morgan fingerprint density at radius 2 is 1.70 bits per heavy atom. The van der Waals surface area contributed by atoms with Gasteiger partial charge in [0.25, 0.3) is 0 Å². The van der Waals surface area contributed by atoms with E-state index in [0.717, 1.165) is 5.69 Å². The number of fused-ring (bicyclic) bond motifs is 1. The van der Waals surface area contributed by atoms with Gasteiger partial charge in [0.05, 0.1) is 23.5 Å². The molecule has 0 aliphatic rings. The molecular weight excluding hydrogens is 512 g/mol. The van der Waals surface area contributed by atoms with Crippen LogP contribution in [0.2, 0.25) is 0 Å². The predicted octanol–water partition coefficient (Wildman–Crippen LogP) is 5.69. The van der Waals surface area contributed by atoms with Crippen molar-refractivity contribution in [1.29, 1.82) is 0 Å². The molecule has 0 fully saturated rings. The number of carbonyl (C=O) groups excluding carboxylic acids is 2. The van der Waals surface area contributed by atoms with Crippen LogP contribution in [0.5, 0.6) is 17.2 Å². The lowest BCUT2D eigenvalue weighted by atomic mass is 9.92. The largest absolute Gasteiger partial charge is 0.489 e. The summed E-state index contributed by atoms with van der Waals surface area (Å²) in [5, 5.41) is 13.6. The third kappa shape index (κ3) is 7.06. The first-order chi connectivity index (χ1) is 19.0. The molecule has 0 unspecified atom stereocenters. The topological polar surface area (TPSA) is 129 Å². The Bertz CT molecular complexity index is 1510. The third-order valence-electron chi connectivity index (χ3n) is 5.89. The van der Waals surface area contributed by atoms with Crippen molar-refractivity contribution in [2.24, 2.45) is 7.05 Å². The van der Waals surface area contributed by atoms with Crippen molar-refractivity contribution in [2.75, 3.05) is 36.3 Å². The number of rotatable bonds is 9. The summed E-state index contributed by atoms with van der Waals surface area (Å²) in [6.07, 6.45) is 1.64. The molecule has 11 heteroatoms. The summed E-state index contributed by atoms with van der Waals surface area (Å²) in [6.45, 7) is 8.35. The molecule has 2 aromatic carbocycles. The van der Waals surface area contributed by atoms with Gasteiger partial charge in [-0.3, -0.25) is 19.8 Å². The van der Waals surface area contributed by atoms with Gasteiger partial charge in [-0.2, -0.15) is 5.10 Å². The highest BCUT2D eigenvalue weighted by molar-refractivity contribution is 5.99. The zero-order valence-electron chi connectivity index (χ0n) is 23.5. The number of aryl methyl sites for hydroxylation is 1. The molecule has 0 aliphatic heterocycles. The molecule has 2 heterocycles. The van der Waals surface area contributed by atoms with Gasteiger partial charge < -0.3 is 24.8 Å². The van der Waals surface area contributed by atoms with Gasteiger partial charge in [-0.05, 0) is 36.4 Å². The van der Waals surface area contributed by atoms with E-state index < -0.39 is 0 Å². The lowest BCUT2D eigenvalue weighted by molar-refractivity contribution is -0.114. The van der Waals surface area contributed by atoms with E-state index in [2.05, 4.69) is 46.8 Å². The van der Waals surface area contributed by atoms with E-state index in [4.69, 9.17) is 14.2 Å². The number of ether oxygens (including phenoxy) is 3. The van der Waals surface area contributed by atoms with Crippen LogP contribution in [0.4, 0.5) is 22.0 Å². The predicted molar refractivity (Wildman–Crippen MR) is 154 cm³/mol. The molecule has 210 valence electrons. The van der Waals surface area contributed by atoms with Crippen molar-refractivity contribution in [3.63, 3.8) is 0 Å². The summed E-state index contributed by atoms with van der Waals surface area (Å²) in [7, 11) is 3.37. The van der Waals surface area contributed by atoms with Crippen molar-refractivity contribution in [3.05, 3.63) is 60.4 Å². The summed E-state index contributed by atoms with van der Waals surface area (Å²) >= 11 is 0. The average molecular weight is 547 g/mol. The van der Waals surface area contributed by atoms with E-state index in [0.29, 0.717) is 58.6 Å². The molecule has 40 heavy (non-hydrogen) atoms. The molecule has 2 aromatic heterocycles. The second kappa shape index (κ2) is 12.0. The van der Waals surface area contributed by atoms with Gasteiger partial charge in [0.1, 0.15) is 29.7 Å². The molecule has 4 aromatic rings. The van der Waals surface area contributed by atoms with E-state index in [1.807, 2.05) is 6.07 Å². The molecule has 3 amide bonds. The van der Waals surface area contributed by atoms with E-state index in [1.165, 1.54) is 6.92 Å². The van der Waals surface area contributed by atoms with Crippen LogP contribution < -0.4 is 25.4 Å². The second-order valence-electron chi connectivity index (χ2n) is 10.2. The molecule has 4 rings (SSSR count). The van der Waals surface area contributed by atoms with Gasteiger partial charge in [0, 0.05) is 55.9 Å². The fourth-order valence-corrected chi connectivity index (χ4v) is 3.84. The van der Waals surface area contributed by atoms with Crippen LogP contribution in [0, 0.1) is 0 Å². The number of pyridine rings is 1. The quantitative estimate of drug-likeness (QED) is 0.230. The molecule has 0 atom stereocenters. The number of hydrogen-bond acceptors (Lipinski definition) is 7. The van der Waals surface area contributed by atoms with Crippen LogP contribution in [-0.2, 0) is 22.0 Å². The zero-order valence-corrected chi connectivity index (χ0v) is 23.5. The van der Waals surface area contributed by atoms with Gasteiger partial charge in [0.15, 0.2) is 0 Å². The Morgan fingerprint density at radius 1 is 0.950 bits per heavy atom. The minimum Gasteiger partial charge on any atom is -0.489 e. The molecule has 0 spiro atoms. The van der Waals surface area contributed by atoms with Crippen molar-refractivity contribution >= 4 is 40.0 Å². The number of nitrogens with zero attached hydrogens (tertiary/aromatic N) is 3. The number of hydrogen-bond donors (Lipinski definition) is 3. The standard InChI is InChI=1S/C29H34N6O5/c1-18(36)31-23-15-21-22(16-25(23)39-14-13-38-6)30-12-11-24(21)40-20-9-7-19(8-10-20)32-28(37)33-27-17-26(29(2,3)4)34-35(27)5/h7-12,15-17H,13-14H2,1-6H3,(H,31,36)(H2,32,33,37). The summed E-state index contributed by atoms with van der Waals surface area (Å²) in [6, 6.07) is 13.7. The van der Waals surface area contributed by atoms with E-state index in [-0.39, 0.29) is 17.4 Å². The first-order valence-corrected chi connectivity index (χ1v) is 12.8. The van der Waals surface area contributed by atoms with Gasteiger partial charge in [-0.25, -0.2) is 4.79 Å². The van der Waals surface area contributed by atoms with Gasteiger partial charge in [-0.1, -0.05) is 20.8 Å². The minimum absolute atomic E-state index is 0.129. The van der Waals surface area contributed by atoms with E-state index >= 15 is 0 Å². The Morgan fingerprint density at radius 3 is 2.35 bits per heavy atom. The summed E-state index contributed by atoms with van der Waals surface area (Å²) < 4.78 is 18.6. The Labute approximate surface area is 232 Å². The summed E-state index contributed by atoms with van der Waals surface area (Å²) in [5.74, 6) is 1.95. The SMILES string of the molecule is COCCOc1cc2nccc(Oc3ccc(NC(=O)Nc4cc(C(C)(C)C)nn4C)cc3)c2cc1NC(C)=O. The fourth-order valence-electron chi connectivity index (χ4n) is 3.84. The molecule has 0 radical (unpaired) electrons. The van der Waals surface area contributed by atoms with Gasteiger partial charge >= 0.3 is 6.03 Å². The smallest absolute Gasteiger partial charge is 0.324 e. The summed E-state index contributed by atoms with van der Waals surface area (Å²) in [5.41, 5.74) is 2.49. The lowest BCUT2D eigenvalue weighted by Crippen LogP contribution is -2.20. The molecule has 11 nitrogen and oxygen atoms in total. The molecule has 0 bridgehead atoms. The number of nitrogens with one attached hydrogen (secondary N) is 3. The molecule has 0 aliphatic carbocycles. The minimum atomic E-state index is -0.383. The first kappa shape index (κ1) is 28.4. The maximum atomic E-state index is 12.6. The van der Waals surface area contributed by atoms with E-state index in [1.54, 1.807) is 67.5 Å². The zero-order chi connectivity index (χ0) is 28.9. The Hall–Kier alpha value is -4.64. The fraction of sp³-hybridized carbons (Fsp3) is 0.310. The summed E-state index contributed by atoms with van der Waals surface area (Å²) in [4.78, 5) is 28.8. The van der Waals surface area contributed by atoms with Crippen LogP contribution in [-0.4, -0.2) is 47.0 Å². The van der Waals surface area contributed by atoms with Crippen molar-refractivity contribution < 1.29 is 23.8 Å². The molecular formula is C29H34N6O5. The number of aromatic nitrogens is 3. The molecule has 0 saturated carbocycles. The third-order valence-corrected chi connectivity index (χ3v) is 5.89. The van der Waals surface area contributed by atoms with Crippen LogP contribution in [0.25, 0.3) is 10.9 Å². The number of methoxy groups -OCH3 is 1. The van der Waals surface area contributed by atoms with Gasteiger partial charge in [0.2, 0.25) is 5.91 Å². The van der Waals surface area contributed by atoms with Crippen molar-refractivity contribution in [3.8, 4) is 17.2 Å². The molecule has 0 saturated heterocycles. The maximum Gasteiger partial charge on any atom is 0.324 e.